The fourth-order valence-electron chi connectivity index (χ4n) is 4.30. The average Bonchev–Trinajstić information content (AvgIpc) is 3.16. The van der Waals surface area contributed by atoms with Crippen LogP contribution in [-0.4, -0.2) is 72.8 Å². The number of anilines is 2. The molecule has 1 atom stereocenters. The molecule has 2 aromatic rings. The monoisotopic (exact) mass is 487 g/mol. The predicted octanol–water partition coefficient (Wildman–Crippen LogP) is 3.02. The van der Waals surface area contributed by atoms with Crippen molar-refractivity contribution in [1.29, 1.82) is 0 Å². The van der Waals surface area contributed by atoms with E-state index in [1.54, 1.807) is 13.2 Å². The maximum atomic E-state index is 13.5. The SMILES string of the molecule is COc1cccc(N2CCN(CCCCC3C(=O)Nc4ccc(F)cc43)CC2)c1.O=C(O)C(=O)O. The highest BCUT2D eigenvalue weighted by Gasteiger charge is 2.30. The molecule has 1 unspecified atom stereocenters. The van der Waals surface area contributed by atoms with E-state index in [4.69, 9.17) is 24.5 Å². The fraction of sp³-hybridized carbons (Fsp3) is 0.400. The standard InChI is InChI=1S/C23H28FN3O2.C2H2O4/c1-29-19-6-4-5-18(16-19)27-13-11-26(12-14-27)10-3-2-7-20-21-15-17(24)8-9-22(21)25-23(20)28;3-1(4)2(5)6/h4-6,8-9,15-16,20H,2-3,7,10-14H2,1H3,(H,25,28);(H,3,4)(H,5,6). The van der Waals surface area contributed by atoms with Gasteiger partial charge in [0.15, 0.2) is 0 Å². The number of carboxylic acids is 2. The molecule has 4 rings (SSSR count). The van der Waals surface area contributed by atoms with E-state index >= 15 is 0 Å². The van der Waals surface area contributed by atoms with Gasteiger partial charge in [0.1, 0.15) is 11.6 Å². The van der Waals surface area contributed by atoms with Crippen molar-refractivity contribution in [3.05, 3.63) is 53.8 Å². The normalized spacial score (nSPS) is 17.1. The number of hydrogen-bond donors (Lipinski definition) is 3. The summed E-state index contributed by atoms with van der Waals surface area (Å²) in [6, 6.07) is 12.8. The molecule has 1 fully saturated rings. The minimum absolute atomic E-state index is 0.00231. The van der Waals surface area contributed by atoms with Crippen LogP contribution < -0.4 is 15.0 Å². The van der Waals surface area contributed by atoms with E-state index in [-0.39, 0.29) is 17.6 Å². The number of carboxylic acid groups (broad SMARTS) is 2. The Morgan fingerprint density at radius 1 is 1.06 bits per heavy atom. The van der Waals surface area contributed by atoms with Crippen molar-refractivity contribution in [2.45, 2.75) is 25.2 Å². The second kappa shape index (κ2) is 12.2. The fourth-order valence-corrected chi connectivity index (χ4v) is 4.30. The van der Waals surface area contributed by atoms with E-state index < -0.39 is 11.9 Å². The van der Waals surface area contributed by atoms with Gasteiger partial charge in [-0.3, -0.25) is 9.69 Å². The summed E-state index contributed by atoms with van der Waals surface area (Å²) < 4.78 is 18.9. The summed E-state index contributed by atoms with van der Waals surface area (Å²) in [4.78, 5) is 35.3. The van der Waals surface area contributed by atoms with Gasteiger partial charge in [-0.15, -0.1) is 0 Å². The number of rotatable bonds is 7. The van der Waals surface area contributed by atoms with Crippen LogP contribution in [0.5, 0.6) is 5.75 Å². The van der Waals surface area contributed by atoms with Crippen LogP contribution in [-0.2, 0) is 14.4 Å². The van der Waals surface area contributed by atoms with Crippen LogP contribution in [0.15, 0.2) is 42.5 Å². The van der Waals surface area contributed by atoms with E-state index in [1.165, 1.54) is 17.8 Å². The first-order chi connectivity index (χ1) is 16.8. The molecule has 0 aromatic heterocycles. The smallest absolute Gasteiger partial charge is 0.414 e. The molecule has 9 nitrogen and oxygen atoms in total. The second-order valence-corrected chi connectivity index (χ2v) is 8.41. The number of nitrogens with zero attached hydrogens (tertiary/aromatic N) is 2. The number of unbranched alkanes of at least 4 members (excludes halogenated alkanes) is 1. The zero-order valence-corrected chi connectivity index (χ0v) is 19.6. The van der Waals surface area contributed by atoms with Crippen molar-refractivity contribution in [1.82, 2.24) is 4.90 Å². The molecule has 0 aliphatic carbocycles. The highest BCUT2D eigenvalue weighted by Crippen LogP contribution is 2.36. The third kappa shape index (κ3) is 7.16. The third-order valence-corrected chi connectivity index (χ3v) is 6.15. The number of carbonyl (C=O) groups excluding carboxylic acids is 1. The highest BCUT2D eigenvalue weighted by molar-refractivity contribution is 6.27. The number of ether oxygens (including phenoxy) is 1. The zero-order valence-electron chi connectivity index (χ0n) is 19.6. The van der Waals surface area contributed by atoms with Crippen molar-refractivity contribution in [2.75, 3.05) is 50.1 Å². The first kappa shape index (κ1) is 26.0. The number of halogens is 1. The Kier molecular flexibility index (Phi) is 9.02. The molecule has 10 heteroatoms. The first-order valence-electron chi connectivity index (χ1n) is 11.5. The Labute approximate surface area is 203 Å². The predicted molar refractivity (Wildman–Crippen MR) is 129 cm³/mol. The van der Waals surface area contributed by atoms with E-state index in [0.29, 0.717) is 0 Å². The summed E-state index contributed by atoms with van der Waals surface area (Å²) in [5.41, 5.74) is 2.78. The molecule has 2 aromatic carbocycles. The number of nitrogens with one attached hydrogen (secondary N) is 1. The average molecular weight is 488 g/mol. The lowest BCUT2D eigenvalue weighted by molar-refractivity contribution is -0.159. The molecule has 0 radical (unpaired) electrons. The lowest BCUT2D eigenvalue weighted by Crippen LogP contribution is -2.46. The summed E-state index contributed by atoms with van der Waals surface area (Å²) in [7, 11) is 1.70. The number of fused-ring (bicyclic) bond motifs is 1. The van der Waals surface area contributed by atoms with E-state index in [1.807, 2.05) is 12.1 Å². The van der Waals surface area contributed by atoms with Gasteiger partial charge in [-0.05, 0) is 55.3 Å². The Morgan fingerprint density at radius 2 is 1.77 bits per heavy atom. The second-order valence-electron chi connectivity index (χ2n) is 8.41. The van der Waals surface area contributed by atoms with Crippen LogP contribution >= 0.6 is 0 Å². The molecule has 35 heavy (non-hydrogen) atoms. The van der Waals surface area contributed by atoms with Crippen molar-refractivity contribution < 1.29 is 33.7 Å². The maximum absolute atomic E-state index is 13.5. The number of piperazine rings is 1. The van der Waals surface area contributed by atoms with E-state index in [2.05, 4.69) is 27.2 Å². The van der Waals surface area contributed by atoms with Gasteiger partial charge in [-0.25, -0.2) is 14.0 Å². The minimum Gasteiger partial charge on any atom is -0.497 e. The van der Waals surface area contributed by atoms with Crippen LogP contribution in [0.25, 0.3) is 0 Å². The molecule has 2 aliphatic heterocycles. The number of amides is 1. The lowest BCUT2D eigenvalue weighted by Gasteiger charge is -2.36. The van der Waals surface area contributed by atoms with Gasteiger partial charge in [0, 0.05) is 43.6 Å². The Balaban J connectivity index is 0.000000509. The van der Waals surface area contributed by atoms with Gasteiger partial charge in [-0.2, -0.15) is 0 Å². The maximum Gasteiger partial charge on any atom is 0.414 e. The summed E-state index contributed by atoms with van der Waals surface area (Å²) in [6.07, 6.45) is 2.78. The number of benzene rings is 2. The molecular weight excluding hydrogens is 457 g/mol. The van der Waals surface area contributed by atoms with Gasteiger partial charge in [0.2, 0.25) is 5.91 Å². The Morgan fingerprint density at radius 3 is 2.43 bits per heavy atom. The Bertz CT molecular complexity index is 1040. The lowest BCUT2D eigenvalue weighted by atomic mass is 9.95. The van der Waals surface area contributed by atoms with Crippen LogP contribution in [0, 0.1) is 5.82 Å². The largest absolute Gasteiger partial charge is 0.497 e. The molecule has 0 spiro atoms. The van der Waals surface area contributed by atoms with E-state index in [0.717, 1.165) is 69.0 Å². The third-order valence-electron chi connectivity index (χ3n) is 6.15. The number of methoxy groups -OCH3 is 1. The van der Waals surface area contributed by atoms with Gasteiger partial charge in [0.25, 0.3) is 0 Å². The van der Waals surface area contributed by atoms with Crippen molar-refractivity contribution in [2.24, 2.45) is 0 Å². The minimum atomic E-state index is -1.82. The number of carbonyl (C=O) groups is 3. The molecule has 0 saturated carbocycles. The van der Waals surface area contributed by atoms with E-state index in [9.17, 15) is 9.18 Å². The molecule has 1 saturated heterocycles. The van der Waals surface area contributed by atoms with Gasteiger partial charge in [0.05, 0.1) is 13.0 Å². The topological polar surface area (TPSA) is 119 Å². The zero-order chi connectivity index (χ0) is 25.4. The Hall–Kier alpha value is -3.66. The first-order valence-corrected chi connectivity index (χ1v) is 11.5. The van der Waals surface area contributed by atoms with Gasteiger partial charge in [-0.1, -0.05) is 12.5 Å². The van der Waals surface area contributed by atoms with Crippen LogP contribution in [0.4, 0.5) is 15.8 Å². The van der Waals surface area contributed by atoms with Crippen molar-refractivity contribution >= 4 is 29.2 Å². The molecular formula is C25H30FN3O6. The molecule has 1 amide bonds. The summed E-state index contributed by atoms with van der Waals surface area (Å²) >= 11 is 0. The van der Waals surface area contributed by atoms with Gasteiger partial charge >= 0.3 is 11.9 Å². The molecule has 3 N–H and O–H groups in total. The molecule has 0 bridgehead atoms. The molecule has 2 heterocycles. The van der Waals surface area contributed by atoms with Gasteiger partial charge < -0.3 is 25.2 Å². The molecule has 2 aliphatic rings. The number of hydrogen-bond acceptors (Lipinski definition) is 6. The highest BCUT2D eigenvalue weighted by atomic mass is 19.1. The van der Waals surface area contributed by atoms with Crippen LogP contribution in [0.3, 0.4) is 0 Å². The van der Waals surface area contributed by atoms with Crippen LogP contribution in [0.1, 0.15) is 30.7 Å². The summed E-state index contributed by atoms with van der Waals surface area (Å²) in [6.45, 7) is 5.12. The summed E-state index contributed by atoms with van der Waals surface area (Å²) in [5, 5.41) is 17.6. The molecule has 188 valence electrons. The van der Waals surface area contributed by atoms with Crippen molar-refractivity contribution in [3.63, 3.8) is 0 Å². The summed E-state index contributed by atoms with van der Waals surface area (Å²) in [5.74, 6) is -3.25. The number of aliphatic carboxylic acids is 2. The van der Waals surface area contributed by atoms with Crippen LogP contribution in [0.2, 0.25) is 0 Å². The van der Waals surface area contributed by atoms with Crippen molar-refractivity contribution in [3.8, 4) is 5.75 Å². The quantitative estimate of drug-likeness (QED) is 0.403.